The van der Waals surface area contributed by atoms with Crippen LogP contribution in [0.25, 0.3) is 0 Å². The van der Waals surface area contributed by atoms with Crippen molar-refractivity contribution in [3.63, 3.8) is 0 Å². The van der Waals surface area contributed by atoms with Crippen LogP contribution in [-0.4, -0.2) is 101 Å². The van der Waals surface area contributed by atoms with E-state index in [4.69, 9.17) is 28.4 Å². The second-order valence-corrected chi connectivity index (χ2v) is 17.5. The number of ether oxygens (including phenoxy) is 3. The van der Waals surface area contributed by atoms with Crippen molar-refractivity contribution in [2.24, 2.45) is 0 Å². The van der Waals surface area contributed by atoms with Crippen molar-refractivity contribution in [1.82, 2.24) is 0 Å². The van der Waals surface area contributed by atoms with Gasteiger partial charge in [0, 0.05) is 13.2 Å². The molecule has 53 heavy (non-hydrogen) atoms. The number of aliphatic hydroxyl groups is 1. The van der Waals surface area contributed by atoms with Crippen LogP contribution in [0, 0.1) is 0 Å². The van der Waals surface area contributed by atoms with Crippen LogP contribution in [0.4, 0.5) is 0 Å². The molecule has 0 saturated carbocycles. The van der Waals surface area contributed by atoms with Crippen LogP contribution in [-0.2, 0) is 27.8 Å². The topological polar surface area (TPSA) is 104 Å². The normalized spacial score (nSPS) is 13.8. The minimum absolute atomic E-state index is 0.00373. The van der Waals surface area contributed by atoms with E-state index in [9.17, 15) is 9.46 Å². The zero-order valence-electron chi connectivity index (χ0n) is 35.7. The molecule has 0 aromatic carbocycles. The predicted molar refractivity (Wildman–Crippen MR) is 223 cm³/mol. The minimum Gasteiger partial charge on any atom is -0.394 e. The van der Waals surface area contributed by atoms with Crippen molar-refractivity contribution < 1.29 is 42.3 Å². The fraction of sp³-hybridized carbons (Fsp3) is 1.00. The van der Waals surface area contributed by atoms with Gasteiger partial charge in [0.25, 0.3) is 0 Å². The highest BCUT2D eigenvalue weighted by molar-refractivity contribution is 7.47. The van der Waals surface area contributed by atoms with Gasteiger partial charge in [0.15, 0.2) is 0 Å². The molecule has 0 aliphatic rings. The molecule has 0 saturated heterocycles. The number of quaternary nitrogens is 1. The van der Waals surface area contributed by atoms with Gasteiger partial charge in [-0.3, -0.25) is 9.05 Å². The van der Waals surface area contributed by atoms with Crippen LogP contribution in [0.15, 0.2) is 0 Å². The van der Waals surface area contributed by atoms with Gasteiger partial charge in [-0.1, -0.05) is 181 Å². The lowest BCUT2D eigenvalue weighted by Crippen LogP contribution is -2.44. The van der Waals surface area contributed by atoms with Gasteiger partial charge in [-0.25, -0.2) is 4.57 Å². The molecule has 10 heteroatoms. The fourth-order valence-corrected chi connectivity index (χ4v) is 7.25. The lowest BCUT2D eigenvalue weighted by Gasteiger charge is -2.29. The molecule has 0 aromatic heterocycles. The maximum atomic E-state index is 12.7. The summed E-state index contributed by atoms with van der Waals surface area (Å²) < 4.78 is 41.4. The number of phosphoric acid groups is 1. The van der Waals surface area contributed by atoms with Crippen LogP contribution in [0.2, 0.25) is 0 Å². The summed E-state index contributed by atoms with van der Waals surface area (Å²) in [5.41, 5.74) is 0. The third-order valence-corrected chi connectivity index (χ3v) is 11.2. The average Bonchev–Trinajstić information content (AvgIpc) is 3.13. The molecule has 0 heterocycles. The Morgan fingerprint density at radius 1 is 0.472 bits per heavy atom. The SMILES string of the molecule is CCCCCCCCCCCCCCCCOCC(COP(=O)(O)OCC[N+](C)(C)CCOCCO)OCCCCCCCCCCCCCCCC. The Morgan fingerprint density at radius 2 is 0.868 bits per heavy atom. The number of aliphatic hydroxyl groups excluding tert-OH is 1. The highest BCUT2D eigenvalue weighted by Crippen LogP contribution is 2.43. The monoisotopic (exact) mass is 781 g/mol. The summed E-state index contributed by atoms with van der Waals surface area (Å²) in [4.78, 5) is 10.4. The molecule has 0 fully saturated rings. The summed E-state index contributed by atoms with van der Waals surface area (Å²) in [7, 11) is -0.219. The van der Waals surface area contributed by atoms with E-state index >= 15 is 0 Å². The van der Waals surface area contributed by atoms with E-state index in [1.807, 2.05) is 14.1 Å². The largest absolute Gasteiger partial charge is 0.472 e. The first-order valence-corrected chi connectivity index (χ1v) is 24.1. The van der Waals surface area contributed by atoms with E-state index in [2.05, 4.69) is 13.8 Å². The molecule has 0 aromatic rings. The number of phosphoric ester groups is 1. The maximum absolute atomic E-state index is 12.7. The van der Waals surface area contributed by atoms with Gasteiger partial charge in [-0.15, -0.1) is 0 Å². The average molecular weight is 781 g/mol. The number of rotatable bonds is 45. The second-order valence-electron chi connectivity index (χ2n) is 16.1. The Kier molecular flexibility index (Phi) is 40.1. The molecule has 2 atom stereocenters. The molecule has 0 spiro atoms. The molecule has 2 unspecified atom stereocenters. The number of unbranched alkanes of at least 4 members (excludes halogenated alkanes) is 26. The molecule has 0 amide bonds. The van der Waals surface area contributed by atoms with Crippen molar-refractivity contribution in [1.29, 1.82) is 0 Å². The molecule has 9 nitrogen and oxygen atoms in total. The van der Waals surface area contributed by atoms with Crippen LogP contribution >= 0.6 is 7.82 Å². The van der Waals surface area contributed by atoms with Gasteiger partial charge in [0.2, 0.25) is 0 Å². The van der Waals surface area contributed by atoms with Gasteiger partial charge in [-0.05, 0) is 12.8 Å². The predicted octanol–water partition coefficient (Wildman–Crippen LogP) is 11.6. The summed E-state index contributed by atoms with van der Waals surface area (Å²) in [5, 5.41) is 8.88. The summed E-state index contributed by atoms with van der Waals surface area (Å²) in [5.74, 6) is 0. The Hall–Kier alpha value is -0.0900. The summed E-state index contributed by atoms with van der Waals surface area (Å²) in [6.07, 6.45) is 36.5. The van der Waals surface area contributed by atoms with Crippen molar-refractivity contribution >= 4 is 7.82 Å². The van der Waals surface area contributed by atoms with Gasteiger partial charge >= 0.3 is 7.82 Å². The number of hydrogen-bond donors (Lipinski definition) is 2. The first-order chi connectivity index (χ1) is 25.8. The smallest absolute Gasteiger partial charge is 0.394 e. The fourth-order valence-electron chi connectivity index (χ4n) is 6.51. The Balaban J connectivity index is 4.29. The Bertz CT molecular complexity index is 775. The highest BCUT2D eigenvalue weighted by atomic mass is 31.2. The summed E-state index contributed by atoms with van der Waals surface area (Å²) in [6, 6.07) is 0. The molecule has 0 aliphatic carbocycles. The van der Waals surface area contributed by atoms with Crippen molar-refractivity contribution in [3.8, 4) is 0 Å². The van der Waals surface area contributed by atoms with Crippen LogP contribution < -0.4 is 0 Å². The molecule has 0 bridgehead atoms. The lowest BCUT2D eigenvalue weighted by molar-refractivity contribution is -0.890. The van der Waals surface area contributed by atoms with E-state index < -0.39 is 13.9 Å². The van der Waals surface area contributed by atoms with Gasteiger partial charge < -0.3 is 28.7 Å². The summed E-state index contributed by atoms with van der Waals surface area (Å²) >= 11 is 0. The Labute approximate surface area is 329 Å². The van der Waals surface area contributed by atoms with E-state index in [1.165, 1.54) is 161 Å². The molecule has 0 radical (unpaired) electrons. The molecular formula is C43H91NO8P+. The molecule has 0 aliphatic heterocycles. The van der Waals surface area contributed by atoms with E-state index in [0.29, 0.717) is 50.6 Å². The standard InChI is InChI=1S/C43H90NO8P/c1-5-7-9-11-13-15-17-19-21-23-25-27-29-31-36-49-41-43(42-52-53(46,47)51-39-34-44(3,4)33-38-48-40-35-45)50-37-32-30-28-26-24-22-20-18-16-14-12-10-8-6-2/h43,45H,5-42H2,1-4H3/p+1. The minimum atomic E-state index is -4.23. The number of nitrogens with zero attached hydrogens (tertiary/aromatic N) is 1. The first-order valence-electron chi connectivity index (χ1n) is 22.6. The quantitative estimate of drug-likeness (QED) is 0.0358. The van der Waals surface area contributed by atoms with Crippen LogP contribution in [0.3, 0.4) is 0 Å². The number of likely N-dealkylation sites (N-methyl/N-ethyl adjacent to an activating group) is 1. The lowest BCUT2D eigenvalue weighted by atomic mass is 10.0. The zero-order valence-corrected chi connectivity index (χ0v) is 36.6. The third kappa shape index (κ3) is 41.4. The van der Waals surface area contributed by atoms with Crippen molar-refractivity contribution in [2.45, 2.75) is 200 Å². The molecule has 0 rings (SSSR count). The maximum Gasteiger partial charge on any atom is 0.472 e. The van der Waals surface area contributed by atoms with E-state index in [1.54, 1.807) is 0 Å². The highest BCUT2D eigenvalue weighted by Gasteiger charge is 2.26. The van der Waals surface area contributed by atoms with Crippen LogP contribution in [0.5, 0.6) is 0 Å². The third-order valence-electron chi connectivity index (χ3n) is 10.2. The first kappa shape index (κ1) is 52.9. The van der Waals surface area contributed by atoms with Crippen molar-refractivity contribution in [2.75, 3.05) is 80.0 Å². The van der Waals surface area contributed by atoms with Crippen molar-refractivity contribution in [3.05, 3.63) is 0 Å². The van der Waals surface area contributed by atoms with Gasteiger partial charge in [-0.2, -0.15) is 0 Å². The van der Waals surface area contributed by atoms with E-state index in [0.717, 1.165) is 19.3 Å². The second kappa shape index (κ2) is 40.1. The Morgan fingerprint density at radius 3 is 1.30 bits per heavy atom. The number of hydrogen-bond acceptors (Lipinski definition) is 7. The molecule has 320 valence electrons. The van der Waals surface area contributed by atoms with Gasteiger partial charge in [0.1, 0.15) is 25.8 Å². The molecule has 2 N–H and O–H groups in total. The van der Waals surface area contributed by atoms with Gasteiger partial charge in [0.05, 0.1) is 47.1 Å². The van der Waals surface area contributed by atoms with Crippen LogP contribution in [0.1, 0.15) is 194 Å². The summed E-state index contributed by atoms with van der Waals surface area (Å²) in [6.45, 7) is 8.22. The van der Waals surface area contributed by atoms with E-state index in [-0.39, 0.29) is 19.8 Å². The zero-order chi connectivity index (χ0) is 39.0. The molecular weight excluding hydrogens is 689 g/mol.